The predicted molar refractivity (Wildman–Crippen MR) is 80.3 cm³/mol. The second kappa shape index (κ2) is 6.67. The van der Waals surface area contributed by atoms with Gasteiger partial charge in [-0.05, 0) is 54.4 Å². The third-order valence-electron chi connectivity index (χ3n) is 2.83. The van der Waals surface area contributed by atoms with E-state index < -0.39 is 0 Å². The maximum atomic E-state index is 6.20. The number of likely N-dealkylation sites (N-methyl/N-ethyl adjacent to an activating group) is 1. The van der Waals surface area contributed by atoms with Crippen molar-refractivity contribution in [2.45, 2.75) is 19.4 Å². The average molecular weight is 319 g/mol. The fourth-order valence-corrected chi connectivity index (χ4v) is 2.58. The van der Waals surface area contributed by atoms with Crippen LogP contribution in [0.2, 0.25) is 15.3 Å². The molecule has 0 radical (unpaired) electrons. The van der Waals surface area contributed by atoms with Crippen LogP contribution in [-0.4, -0.2) is 6.54 Å². The highest BCUT2D eigenvalue weighted by Crippen LogP contribution is 2.28. The molecule has 1 aromatic heterocycles. The number of nitrogens with one attached hydrogen (secondary N) is 1. The summed E-state index contributed by atoms with van der Waals surface area (Å²) in [6.45, 7) is 2.87. The minimum atomic E-state index is 0.0381. The summed E-state index contributed by atoms with van der Waals surface area (Å²) in [5.74, 6) is 0.804. The van der Waals surface area contributed by atoms with E-state index in [4.69, 9.17) is 39.2 Å². The molecule has 2 aromatic rings. The summed E-state index contributed by atoms with van der Waals surface area (Å²) in [4.78, 5) is 0. The lowest BCUT2D eigenvalue weighted by Gasteiger charge is -2.16. The molecule has 0 bridgehead atoms. The Labute approximate surface area is 127 Å². The molecule has 1 unspecified atom stereocenters. The Hall–Kier alpha value is -0.670. The molecule has 0 spiro atoms. The maximum absolute atomic E-state index is 6.20. The smallest absolute Gasteiger partial charge is 0.193 e. The van der Waals surface area contributed by atoms with Crippen LogP contribution >= 0.6 is 34.8 Å². The Morgan fingerprint density at radius 1 is 1.16 bits per heavy atom. The predicted octanol–water partition coefficient (Wildman–Crippen LogP) is 5.13. The van der Waals surface area contributed by atoms with Crippen LogP contribution in [0.25, 0.3) is 0 Å². The summed E-state index contributed by atoms with van der Waals surface area (Å²) in [7, 11) is 0. The average Bonchev–Trinajstić information content (AvgIpc) is 2.78. The van der Waals surface area contributed by atoms with Crippen LogP contribution in [0.4, 0.5) is 0 Å². The first kappa shape index (κ1) is 14.7. The Morgan fingerprint density at radius 3 is 2.53 bits per heavy atom. The van der Waals surface area contributed by atoms with Crippen molar-refractivity contribution in [1.82, 2.24) is 5.32 Å². The van der Waals surface area contributed by atoms with Crippen molar-refractivity contribution in [2.24, 2.45) is 0 Å². The number of benzene rings is 1. The molecule has 2 rings (SSSR count). The minimum absolute atomic E-state index is 0.0381. The second-order valence-electron chi connectivity index (χ2n) is 4.19. The highest BCUT2D eigenvalue weighted by Gasteiger charge is 2.16. The van der Waals surface area contributed by atoms with Crippen molar-refractivity contribution in [3.05, 3.63) is 56.9 Å². The molecule has 1 N–H and O–H groups in total. The van der Waals surface area contributed by atoms with E-state index in [-0.39, 0.29) is 6.04 Å². The maximum Gasteiger partial charge on any atom is 0.193 e. The third-order valence-corrected chi connectivity index (χ3v) is 3.62. The standard InChI is InChI=1S/C14H14Cl3NO/c1-2-18-12(13-5-6-14(17)19-13)7-9-3-4-10(15)8-11(9)16/h3-6,8,12,18H,2,7H2,1H3. The topological polar surface area (TPSA) is 25.2 Å². The fourth-order valence-electron chi connectivity index (χ4n) is 1.94. The molecule has 0 fully saturated rings. The van der Waals surface area contributed by atoms with Gasteiger partial charge in [-0.2, -0.15) is 0 Å². The van der Waals surface area contributed by atoms with Gasteiger partial charge in [0.1, 0.15) is 5.76 Å². The summed E-state index contributed by atoms with van der Waals surface area (Å²) in [5.41, 5.74) is 1.02. The monoisotopic (exact) mass is 317 g/mol. The van der Waals surface area contributed by atoms with Crippen LogP contribution in [0.1, 0.15) is 24.3 Å². The Kier molecular flexibility index (Phi) is 5.17. The molecular weight excluding hydrogens is 305 g/mol. The summed E-state index contributed by atoms with van der Waals surface area (Å²) in [6, 6.07) is 9.16. The Balaban J connectivity index is 2.21. The van der Waals surface area contributed by atoms with Crippen molar-refractivity contribution in [3.63, 3.8) is 0 Å². The molecule has 2 nitrogen and oxygen atoms in total. The summed E-state index contributed by atoms with van der Waals surface area (Å²) in [6.07, 6.45) is 0.716. The molecule has 1 atom stereocenters. The Morgan fingerprint density at radius 2 is 1.95 bits per heavy atom. The summed E-state index contributed by atoms with van der Waals surface area (Å²) in [5, 5.41) is 5.04. The van der Waals surface area contributed by atoms with Gasteiger partial charge in [-0.15, -0.1) is 0 Å². The molecule has 0 amide bonds. The lowest BCUT2D eigenvalue weighted by atomic mass is 10.0. The molecule has 0 aliphatic heterocycles. The first-order valence-corrected chi connectivity index (χ1v) is 7.16. The number of furan rings is 1. The normalized spacial score (nSPS) is 12.6. The number of hydrogen-bond donors (Lipinski definition) is 1. The van der Waals surface area contributed by atoms with Gasteiger partial charge in [0.15, 0.2) is 5.22 Å². The zero-order valence-electron chi connectivity index (χ0n) is 10.4. The van der Waals surface area contributed by atoms with Gasteiger partial charge in [0.2, 0.25) is 0 Å². The van der Waals surface area contributed by atoms with E-state index in [1.165, 1.54) is 0 Å². The lowest BCUT2D eigenvalue weighted by molar-refractivity contribution is 0.417. The van der Waals surface area contributed by atoms with Gasteiger partial charge in [0, 0.05) is 10.0 Å². The van der Waals surface area contributed by atoms with E-state index >= 15 is 0 Å². The van der Waals surface area contributed by atoms with Gasteiger partial charge in [-0.1, -0.05) is 36.2 Å². The van der Waals surface area contributed by atoms with Gasteiger partial charge in [-0.3, -0.25) is 0 Å². The first-order valence-electron chi connectivity index (χ1n) is 6.02. The molecule has 0 saturated heterocycles. The highest BCUT2D eigenvalue weighted by atomic mass is 35.5. The lowest BCUT2D eigenvalue weighted by Crippen LogP contribution is -2.22. The van der Waals surface area contributed by atoms with Crippen molar-refractivity contribution in [3.8, 4) is 0 Å². The summed E-state index contributed by atoms with van der Waals surface area (Å²) < 4.78 is 5.47. The quantitative estimate of drug-likeness (QED) is 0.826. The minimum Gasteiger partial charge on any atom is -0.448 e. The molecule has 102 valence electrons. The number of rotatable bonds is 5. The van der Waals surface area contributed by atoms with Crippen LogP contribution in [-0.2, 0) is 6.42 Å². The molecule has 1 aromatic carbocycles. The van der Waals surface area contributed by atoms with Crippen LogP contribution < -0.4 is 5.32 Å². The van der Waals surface area contributed by atoms with Gasteiger partial charge < -0.3 is 9.73 Å². The van der Waals surface area contributed by atoms with Crippen molar-refractivity contribution in [1.29, 1.82) is 0 Å². The Bertz CT molecular complexity index is 553. The molecule has 0 aliphatic rings. The molecule has 0 aliphatic carbocycles. The van der Waals surface area contributed by atoms with Gasteiger partial charge in [-0.25, -0.2) is 0 Å². The van der Waals surface area contributed by atoms with E-state index in [0.29, 0.717) is 21.7 Å². The first-order chi connectivity index (χ1) is 9.10. The van der Waals surface area contributed by atoms with E-state index in [1.807, 2.05) is 25.1 Å². The van der Waals surface area contributed by atoms with E-state index in [1.54, 1.807) is 12.1 Å². The summed E-state index contributed by atoms with van der Waals surface area (Å²) >= 11 is 17.9. The van der Waals surface area contributed by atoms with Gasteiger partial charge >= 0.3 is 0 Å². The molecule has 1 heterocycles. The highest BCUT2D eigenvalue weighted by molar-refractivity contribution is 6.35. The SMILES string of the molecule is CCNC(Cc1ccc(Cl)cc1Cl)c1ccc(Cl)o1. The fraction of sp³-hybridized carbons (Fsp3) is 0.286. The number of halogens is 3. The second-order valence-corrected chi connectivity index (χ2v) is 5.41. The van der Waals surface area contributed by atoms with Crippen LogP contribution in [0.5, 0.6) is 0 Å². The molecule has 0 saturated carbocycles. The zero-order chi connectivity index (χ0) is 13.8. The van der Waals surface area contributed by atoms with E-state index in [0.717, 1.165) is 17.9 Å². The largest absolute Gasteiger partial charge is 0.448 e. The van der Waals surface area contributed by atoms with Gasteiger partial charge in [0.25, 0.3) is 0 Å². The zero-order valence-corrected chi connectivity index (χ0v) is 12.7. The van der Waals surface area contributed by atoms with Crippen LogP contribution in [0.3, 0.4) is 0 Å². The number of hydrogen-bond acceptors (Lipinski definition) is 2. The van der Waals surface area contributed by atoms with E-state index in [2.05, 4.69) is 5.32 Å². The molecule has 19 heavy (non-hydrogen) atoms. The van der Waals surface area contributed by atoms with Crippen molar-refractivity contribution >= 4 is 34.8 Å². The molecular formula is C14H14Cl3NO. The van der Waals surface area contributed by atoms with E-state index in [9.17, 15) is 0 Å². The molecule has 5 heteroatoms. The van der Waals surface area contributed by atoms with Gasteiger partial charge in [0.05, 0.1) is 6.04 Å². The van der Waals surface area contributed by atoms with Crippen LogP contribution in [0.15, 0.2) is 34.7 Å². The van der Waals surface area contributed by atoms with Crippen molar-refractivity contribution < 1.29 is 4.42 Å². The third kappa shape index (κ3) is 3.90. The van der Waals surface area contributed by atoms with Crippen molar-refractivity contribution in [2.75, 3.05) is 6.54 Å². The van der Waals surface area contributed by atoms with Crippen LogP contribution in [0, 0.1) is 0 Å².